The van der Waals surface area contributed by atoms with Gasteiger partial charge in [-0.2, -0.15) is 0 Å². The third-order valence-corrected chi connectivity index (χ3v) is 1.81. The van der Waals surface area contributed by atoms with Crippen molar-refractivity contribution in [1.29, 1.82) is 0 Å². The summed E-state index contributed by atoms with van der Waals surface area (Å²) in [7, 11) is 0. The van der Waals surface area contributed by atoms with Crippen LogP contribution in [0.2, 0.25) is 0 Å². The van der Waals surface area contributed by atoms with E-state index in [2.05, 4.69) is 11.3 Å². The molecule has 74 valence electrons. The molecule has 1 rings (SSSR count). The summed E-state index contributed by atoms with van der Waals surface area (Å²) in [5, 5.41) is 8.78. The van der Waals surface area contributed by atoms with Gasteiger partial charge in [0, 0.05) is 6.61 Å². The predicted molar refractivity (Wildman–Crippen MR) is 52.8 cm³/mol. The molecule has 0 aliphatic rings. The van der Waals surface area contributed by atoms with E-state index < -0.39 is 5.97 Å². The van der Waals surface area contributed by atoms with Crippen LogP contribution in [0.3, 0.4) is 0 Å². The monoisotopic (exact) mass is 192 g/mol. The van der Waals surface area contributed by atoms with Gasteiger partial charge >= 0.3 is 5.97 Å². The number of benzene rings is 1. The van der Waals surface area contributed by atoms with Crippen molar-refractivity contribution in [2.75, 3.05) is 6.61 Å². The summed E-state index contributed by atoms with van der Waals surface area (Å²) in [5.41, 5.74) is 1.25. The van der Waals surface area contributed by atoms with Crippen LogP contribution in [-0.4, -0.2) is 17.7 Å². The Balaban J connectivity index is 2.93. The number of hydrogen-bond donors (Lipinski definition) is 1. The van der Waals surface area contributed by atoms with E-state index in [-0.39, 0.29) is 6.61 Å². The normalized spacial score (nSPS) is 9.50. The van der Waals surface area contributed by atoms with Crippen molar-refractivity contribution >= 4 is 5.97 Å². The minimum atomic E-state index is -0.441. The van der Waals surface area contributed by atoms with E-state index in [1.807, 2.05) is 6.07 Å². The van der Waals surface area contributed by atoms with Crippen LogP contribution in [0.1, 0.15) is 15.9 Å². The Hall–Kier alpha value is -1.61. The molecule has 3 nitrogen and oxygen atoms in total. The van der Waals surface area contributed by atoms with Gasteiger partial charge in [0.1, 0.15) is 0 Å². The van der Waals surface area contributed by atoms with E-state index in [0.29, 0.717) is 12.0 Å². The van der Waals surface area contributed by atoms with Crippen molar-refractivity contribution < 1.29 is 14.6 Å². The van der Waals surface area contributed by atoms with Gasteiger partial charge in [-0.1, -0.05) is 24.8 Å². The molecule has 1 aromatic rings. The summed E-state index contributed by atoms with van der Waals surface area (Å²) in [6, 6.07) is 7.02. The second kappa shape index (κ2) is 5.19. The fraction of sp³-hybridized carbons (Fsp3) is 0.182. The molecule has 0 aliphatic heterocycles. The van der Waals surface area contributed by atoms with Gasteiger partial charge in [-0.15, -0.1) is 0 Å². The third-order valence-electron chi connectivity index (χ3n) is 1.81. The molecular formula is C11H12O3. The van der Waals surface area contributed by atoms with Gasteiger partial charge in [0.2, 0.25) is 0 Å². The maximum absolute atomic E-state index is 11.4. The minimum absolute atomic E-state index is 0.0123. The molecule has 0 aromatic heterocycles. The summed E-state index contributed by atoms with van der Waals surface area (Å²) in [6.45, 7) is 3.32. The van der Waals surface area contributed by atoms with Crippen LogP contribution in [0.5, 0.6) is 0 Å². The molecule has 0 radical (unpaired) electrons. The standard InChI is InChI=1S/C11H12O3/c1-2-14-11(13)10-6-4-3-5-9(10)7-8-12/h2-6,12H,1,7-8H2. The van der Waals surface area contributed by atoms with E-state index in [1.165, 1.54) is 0 Å². The predicted octanol–water partition coefficient (Wildman–Crippen LogP) is 1.52. The summed E-state index contributed by atoms with van der Waals surface area (Å²) in [6.07, 6.45) is 1.54. The zero-order chi connectivity index (χ0) is 10.4. The van der Waals surface area contributed by atoms with Crippen LogP contribution in [0.15, 0.2) is 37.1 Å². The summed E-state index contributed by atoms with van der Waals surface area (Å²) in [4.78, 5) is 11.4. The molecule has 0 unspecified atom stereocenters. The van der Waals surface area contributed by atoms with Crippen molar-refractivity contribution in [1.82, 2.24) is 0 Å². The Labute approximate surface area is 82.6 Å². The van der Waals surface area contributed by atoms with E-state index in [0.717, 1.165) is 11.8 Å². The van der Waals surface area contributed by atoms with Gasteiger partial charge < -0.3 is 9.84 Å². The van der Waals surface area contributed by atoms with Crippen molar-refractivity contribution in [3.05, 3.63) is 48.2 Å². The van der Waals surface area contributed by atoms with Gasteiger partial charge in [-0.25, -0.2) is 4.79 Å². The molecule has 0 saturated carbocycles. The van der Waals surface area contributed by atoms with E-state index >= 15 is 0 Å². The molecule has 14 heavy (non-hydrogen) atoms. The van der Waals surface area contributed by atoms with Crippen LogP contribution in [0, 0.1) is 0 Å². The van der Waals surface area contributed by atoms with Crippen molar-refractivity contribution in [2.45, 2.75) is 6.42 Å². The van der Waals surface area contributed by atoms with Crippen LogP contribution >= 0.6 is 0 Å². The van der Waals surface area contributed by atoms with Gasteiger partial charge in [0.05, 0.1) is 11.8 Å². The first-order valence-corrected chi connectivity index (χ1v) is 4.30. The Morgan fingerprint density at radius 2 is 2.21 bits per heavy atom. The Morgan fingerprint density at radius 3 is 2.86 bits per heavy atom. The number of esters is 1. The SMILES string of the molecule is C=COC(=O)c1ccccc1CCO. The first-order chi connectivity index (χ1) is 6.79. The van der Waals surface area contributed by atoms with Crippen molar-refractivity contribution in [2.24, 2.45) is 0 Å². The number of aliphatic hydroxyl groups is 1. The molecule has 0 fully saturated rings. The summed E-state index contributed by atoms with van der Waals surface area (Å²) in [5.74, 6) is -0.441. The van der Waals surface area contributed by atoms with E-state index in [1.54, 1.807) is 18.2 Å². The number of ether oxygens (including phenoxy) is 1. The van der Waals surface area contributed by atoms with E-state index in [4.69, 9.17) is 5.11 Å². The van der Waals surface area contributed by atoms with Crippen LogP contribution in [0.4, 0.5) is 0 Å². The Bertz CT molecular complexity index is 331. The maximum Gasteiger partial charge on any atom is 0.343 e. The highest BCUT2D eigenvalue weighted by atomic mass is 16.5. The van der Waals surface area contributed by atoms with Gasteiger partial charge in [-0.3, -0.25) is 0 Å². The van der Waals surface area contributed by atoms with Crippen molar-refractivity contribution in [3.63, 3.8) is 0 Å². The lowest BCUT2D eigenvalue weighted by atomic mass is 10.1. The zero-order valence-electron chi connectivity index (χ0n) is 7.77. The lowest BCUT2D eigenvalue weighted by Crippen LogP contribution is -2.06. The molecule has 0 saturated heterocycles. The molecule has 0 heterocycles. The minimum Gasteiger partial charge on any atom is -0.432 e. The first kappa shape index (κ1) is 10.5. The van der Waals surface area contributed by atoms with Gasteiger partial charge in [0.25, 0.3) is 0 Å². The van der Waals surface area contributed by atoms with Gasteiger partial charge in [0.15, 0.2) is 0 Å². The highest BCUT2D eigenvalue weighted by Crippen LogP contribution is 2.10. The molecule has 3 heteroatoms. The fourth-order valence-electron chi connectivity index (χ4n) is 1.20. The molecule has 1 N–H and O–H groups in total. The first-order valence-electron chi connectivity index (χ1n) is 4.30. The number of carbonyl (C=O) groups is 1. The number of aliphatic hydroxyl groups excluding tert-OH is 1. The van der Waals surface area contributed by atoms with Crippen LogP contribution < -0.4 is 0 Å². The average Bonchev–Trinajstić information content (AvgIpc) is 2.19. The molecule has 0 bridgehead atoms. The topological polar surface area (TPSA) is 46.5 Å². The number of rotatable bonds is 4. The molecule has 0 amide bonds. The molecular weight excluding hydrogens is 180 g/mol. The molecule has 1 aromatic carbocycles. The number of carbonyl (C=O) groups excluding carboxylic acids is 1. The second-order valence-corrected chi connectivity index (χ2v) is 2.70. The average molecular weight is 192 g/mol. The van der Waals surface area contributed by atoms with Gasteiger partial charge in [-0.05, 0) is 18.1 Å². The lowest BCUT2D eigenvalue weighted by Gasteiger charge is -2.05. The van der Waals surface area contributed by atoms with Crippen LogP contribution in [-0.2, 0) is 11.2 Å². The highest BCUT2D eigenvalue weighted by Gasteiger charge is 2.10. The van der Waals surface area contributed by atoms with Crippen molar-refractivity contribution in [3.8, 4) is 0 Å². The molecule has 0 atom stereocenters. The maximum atomic E-state index is 11.4. The molecule has 0 spiro atoms. The summed E-state index contributed by atoms with van der Waals surface area (Å²) < 4.78 is 4.66. The zero-order valence-corrected chi connectivity index (χ0v) is 7.77. The largest absolute Gasteiger partial charge is 0.432 e. The molecule has 0 aliphatic carbocycles. The fourth-order valence-corrected chi connectivity index (χ4v) is 1.20. The Kier molecular flexibility index (Phi) is 3.88. The quantitative estimate of drug-likeness (QED) is 0.581. The smallest absolute Gasteiger partial charge is 0.343 e. The third kappa shape index (κ3) is 2.44. The lowest BCUT2D eigenvalue weighted by molar-refractivity contribution is 0.0663. The van der Waals surface area contributed by atoms with Crippen LogP contribution in [0.25, 0.3) is 0 Å². The highest BCUT2D eigenvalue weighted by molar-refractivity contribution is 5.91. The Morgan fingerprint density at radius 1 is 1.50 bits per heavy atom. The van der Waals surface area contributed by atoms with E-state index in [9.17, 15) is 4.79 Å². The number of hydrogen-bond acceptors (Lipinski definition) is 3. The summed E-state index contributed by atoms with van der Waals surface area (Å²) >= 11 is 0. The second-order valence-electron chi connectivity index (χ2n) is 2.70.